The summed E-state index contributed by atoms with van der Waals surface area (Å²) in [6, 6.07) is -5.20. The van der Waals surface area contributed by atoms with Gasteiger partial charge in [-0.15, -0.1) is 0 Å². The van der Waals surface area contributed by atoms with Crippen molar-refractivity contribution in [2.45, 2.75) is 57.5 Å². The van der Waals surface area contributed by atoms with Crippen molar-refractivity contribution < 1.29 is 34.5 Å². The van der Waals surface area contributed by atoms with Gasteiger partial charge in [-0.05, 0) is 12.8 Å². The second-order valence-corrected chi connectivity index (χ2v) is 7.42. The van der Waals surface area contributed by atoms with Gasteiger partial charge in [0.05, 0.1) is 25.1 Å². The van der Waals surface area contributed by atoms with Crippen LogP contribution in [0.3, 0.4) is 0 Å². The number of carboxylic acids is 1. The molecule has 5 atom stereocenters. The van der Waals surface area contributed by atoms with Crippen LogP contribution in [0.25, 0.3) is 0 Å². The second kappa shape index (κ2) is 12.0. The van der Waals surface area contributed by atoms with Gasteiger partial charge in [-0.3, -0.25) is 14.4 Å². The Morgan fingerprint density at radius 1 is 1.06 bits per heavy atom. The molecular weight excluding hydrogens is 412 g/mol. The Bertz CT molecular complexity index is 753. The summed E-state index contributed by atoms with van der Waals surface area (Å²) >= 11 is 0. The maximum atomic E-state index is 12.7. The number of aromatic amines is 1. The Hall–Kier alpha value is -3.03. The largest absolute Gasteiger partial charge is 0.480 e. The molecule has 0 radical (unpaired) electrons. The molecule has 0 aliphatic heterocycles. The Balaban J connectivity index is 2.97. The van der Waals surface area contributed by atoms with Crippen molar-refractivity contribution >= 4 is 23.7 Å². The smallest absolute Gasteiger partial charge is 0.328 e. The Kier molecular flexibility index (Phi) is 10.0. The van der Waals surface area contributed by atoms with E-state index in [4.69, 9.17) is 10.8 Å². The zero-order valence-corrected chi connectivity index (χ0v) is 17.5. The van der Waals surface area contributed by atoms with Crippen molar-refractivity contribution in [2.75, 3.05) is 6.61 Å². The lowest BCUT2D eigenvalue weighted by atomic mass is 10.0. The van der Waals surface area contributed by atoms with Crippen LogP contribution in [-0.2, 0) is 25.6 Å². The zero-order chi connectivity index (χ0) is 23.7. The first-order valence-electron chi connectivity index (χ1n) is 9.63. The molecule has 1 aromatic heterocycles. The Morgan fingerprint density at radius 3 is 2.10 bits per heavy atom. The molecule has 0 fully saturated rings. The van der Waals surface area contributed by atoms with Crippen molar-refractivity contribution in [3.8, 4) is 0 Å². The number of rotatable bonds is 12. The van der Waals surface area contributed by atoms with Crippen LogP contribution in [0.5, 0.6) is 0 Å². The average Bonchev–Trinajstić information content (AvgIpc) is 3.20. The number of carbonyl (C=O) groups is 4. The molecule has 31 heavy (non-hydrogen) atoms. The SMILES string of the molecule is CC(C)C(N)C(=O)NC(CO)C(=O)NC(Cc1cnc[nH]1)C(=O)NC(C(=O)O)C(C)O. The minimum atomic E-state index is -1.61. The van der Waals surface area contributed by atoms with E-state index in [2.05, 4.69) is 25.9 Å². The molecule has 0 saturated carbocycles. The lowest BCUT2D eigenvalue weighted by Crippen LogP contribution is -2.59. The van der Waals surface area contributed by atoms with Gasteiger partial charge in [-0.2, -0.15) is 0 Å². The molecule has 0 aliphatic carbocycles. The molecule has 0 bridgehead atoms. The number of aliphatic hydroxyl groups is 2. The summed E-state index contributed by atoms with van der Waals surface area (Å²) in [4.78, 5) is 55.2. The summed E-state index contributed by atoms with van der Waals surface area (Å²) in [5.41, 5.74) is 6.19. The topological polar surface area (TPSA) is 220 Å². The van der Waals surface area contributed by atoms with Gasteiger partial charge in [-0.1, -0.05) is 13.8 Å². The van der Waals surface area contributed by atoms with E-state index < -0.39 is 60.6 Å². The predicted molar refractivity (Wildman–Crippen MR) is 107 cm³/mol. The third-order valence-corrected chi connectivity index (χ3v) is 4.49. The molecular formula is C18H30N6O7. The standard InChI is InChI=1S/C18H30N6O7/c1-8(2)13(19)17(29)23-12(6-25)16(28)22-11(4-10-5-20-7-21-10)15(27)24-14(9(3)26)18(30)31/h5,7-9,11-14,25-26H,4,6,19H2,1-3H3,(H,20,21)(H,22,28)(H,23,29)(H,24,27)(H,30,31). The van der Waals surface area contributed by atoms with E-state index in [0.717, 1.165) is 0 Å². The molecule has 174 valence electrons. The van der Waals surface area contributed by atoms with Gasteiger partial charge in [0.2, 0.25) is 17.7 Å². The normalized spacial score (nSPS) is 16.0. The number of aliphatic hydroxyl groups excluding tert-OH is 2. The molecule has 13 heteroatoms. The molecule has 1 aromatic rings. The Labute approximate surface area is 178 Å². The molecule has 0 saturated heterocycles. The van der Waals surface area contributed by atoms with Crippen molar-refractivity contribution in [1.29, 1.82) is 0 Å². The highest BCUT2D eigenvalue weighted by Crippen LogP contribution is 2.03. The fourth-order valence-electron chi connectivity index (χ4n) is 2.51. The van der Waals surface area contributed by atoms with E-state index in [1.54, 1.807) is 13.8 Å². The maximum Gasteiger partial charge on any atom is 0.328 e. The lowest BCUT2D eigenvalue weighted by molar-refractivity contribution is -0.145. The van der Waals surface area contributed by atoms with Gasteiger partial charge < -0.3 is 42.0 Å². The highest BCUT2D eigenvalue weighted by Gasteiger charge is 2.32. The number of carbonyl (C=O) groups excluding carboxylic acids is 3. The van der Waals surface area contributed by atoms with E-state index in [1.165, 1.54) is 19.4 Å². The minimum Gasteiger partial charge on any atom is -0.480 e. The van der Waals surface area contributed by atoms with E-state index in [9.17, 15) is 29.4 Å². The van der Waals surface area contributed by atoms with Crippen LogP contribution in [0.15, 0.2) is 12.5 Å². The van der Waals surface area contributed by atoms with E-state index in [-0.39, 0.29) is 12.3 Å². The second-order valence-electron chi connectivity index (χ2n) is 7.42. The Morgan fingerprint density at radius 2 is 1.65 bits per heavy atom. The van der Waals surface area contributed by atoms with Gasteiger partial charge in [0, 0.05) is 18.3 Å². The van der Waals surface area contributed by atoms with Gasteiger partial charge in [0.25, 0.3) is 0 Å². The monoisotopic (exact) mass is 442 g/mol. The van der Waals surface area contributed by atoms with Crippen LogP contribution in [-0.4, -0.2) is 85.9 Å². The molecule has 0 aliphatic rings. The highest BCUT2D eigenvalue weighted by molar-refractivity contribution is 5.94. The molecule has 3 amide bonds. The predicted octanol–water partition coefficient (Wildman–Crippen LogP) is -3.15. The van der Waals surface area contributed by atoms with E-state index >= 15 is 0 Å². The van der Waals surface area contributed by atoms with Gasteiger partial charge >= 0.3 is 5.97 Å². The third kappa shape index (κ3) is 7.96. The number of H-pyrrole nitrogens is 1. The molecule has 5 unspecified atom stereocenters. The third-order valence-electron chi connectivity index (χ3n) is 4.49. The number of nitrogens with one attached hydrogen (secondary N) is 4. The number of nitrogens with zero attached hydrogens (tertiary/aromatic N) is 1. The van der Waals surface area contributed by atoms with Crippen LogP contribution < -0.4 is 21.7 Å². The fourth-order valence-corrected chi connectivity index (χ4v) is 2.51. The van der Waals surface area contributed by atoms with Crippen LogP contribution in [0.2, 0.25) is 0 Å². The zero-order valence-electron chi connectivity index (χ0n) is 17.5. The first-order chi connectivity index (χ1) is 14.5. The molecule has 13 nitrogen and oxygen atoms in total. The van der Waals surface area contributed by atoms with Crippen molar-refractivity contribution in [2.24, 2.45) is 11.7 Å². The van der Waals surface area contributed by atoms with Crippen molar-refractivity contribution in [3.63, 3.8) is 0 Å². The van der Waals surface area contributed by atoms with Gasteiger partial charge in [-0.25, -0.2) is 9.78 Å². The summed E-state index contributed by atoms with van der Waals surface area (Å²) in [7, 11) is 0. The van der Waals surface area contributed by atoms with Crippen molar-refractivity contribution in [3.05, 3.63) is 18.2 Å². The number of nitrogens with two attached hydrogens (primary N) is 1. The maximum absolute atomic E-state index is 12.7. The van der Waals surface area contributed by atoms with E-state index in [0.29, 0.717) is 5.69 Å². The fraction of sp³-hybridized carbons (Fsp3) is 0.611. The van der Waals surface area contributed by atoms with Crippen LogP contribution >= 0.6 is 0 Å². The van der Waals surface area contributed by atoms with E-state index in [1.807, 2.05) is 0 Å². The number of imidazole rings is 1. The highest BCUT2D eigenvalue weighted by atomic mass is 16.4. The summed E-state index contributed by atoms with van der Waals surface area (Å²) < 4.78 is 0. The molecule has 1 rings (SSSR count). The minimum absolute atomic E-state index is 0.0959. The number of aliphatic carboxylic acids is 1. The number of amides is 3. The average molecular weight is 442 g/mol. The number of carboxylic acid groups (broad SMARTS) is 1. The molecule has 0 aromatic carbocycles. The number of hydrogen-bond donors (Lipinski definition) is 8. The summed E-state index contributed by atoms with van der Waals surface area (Å²) in [6.45, 7) is 3.86. The molecule has 1 heterocycles. The van der Waals surface area contributed by atoms with Crippen molar-refractivity contribution in [1.82, 2.24) is 25.9 Å². The summed E-state index contributed by atoms with van der Waals surface area (Å²) in [5, 5.41) is 35.1. The quantitative estimate of drug-likeness (QED) is 0.163. The van der Waals surface area contributed by atoms with Crippen LogP contribution in [0.4, 0.5) is 0 Å². The molecule has 0 spiro atoms. The first kappa shape index (κ1) is 26.0. The number of hydrogen-bond acceptors (Lipinski definition) is 8. The molecule has 9 N–H and O–H groups in total. The lowest BCUT2D eigenvalue weighted by Gasteiger charge is -2.25. The summed E-state index contributed by atoms with van der Waals surface area (Å²) in [5.74, 6) is -4.10. The summed E-state index contributed by atoms with van der Waals surface area (Å²) in [6.07, 6.45) is 1.27. The van der Waals surface area contributed by atoms with Crippen LogP contribution in [0.1, 0.15) is 26.5 Å². The number of aromatic nitrogens is 2. The van der Waals surface area contributed by atoms with Gasteiger partial charge in [0.15, 0.2) is 6.04 Å². The van der Waals surface area contributed by atoms with Gasteiger partial charge in [0.1, 0.15) is 12.1 Å². The van der Waals surface area contributed by atoms with Crippen LogP contribution in [0, 0.1) is 5.92 Å². The first-order valence-corrected chi connectivity index (χ1v) is 9.63.